The Morgan fingerprint density at radius 2 is 1.96 bits per heavy atom. The number of amides is 1. The first kappa shape index (κ1) is 17.0. The summed E-state index contributed by atoms with van der Waals surface area (Å²) in [6.45, 7) is 5.05. The quantitative estimate of drug-likeness (QED) is 0.904. The van der Waals surface area contributed by atoms with Crippen LogP contribution in [0.25, 0.3) is 0 Å². The Morgan fingerprint density at radius 1 is 1.25 bits per heavy atom. The molecule has 2 saturated heterocycles. The minimum absolute atomic E-state index is 0.00637. The van der Waals surface area contributed by atoms with Gasteiger partial charge in [0.2, 0.25) is 0 Å². The van der Waals surface area contributed by atoms with Crippen molar-refractivity contribution in [2.45, 2.75) is 58.2 Å². The van der Waals surface area contributed by atoms with Crippen LogP contribution < -0.4 is 0 Å². The van der Waals surface area contributed by atoms with E-state index in [2.05, 4.69) is 5.16 Å². The number of aromatic nitrogens is 1. The maximum Gasteiger partial charge on any atom is 0.332 e. The van der Waals surface area contributed by atoms with Gasteiger partial charge in [-0.05, 0) is 44.9 Å². The first-order chi connectivity index (χ1) is 11.5. The molecule has 0 bridgehead atoms. The van der Waals surface area contributed by atoms with Crippen LogP contribution in [0.15, 0.2) is 4.52 Å². The molecule has 2 fully saturated rings. The number of carboxylic acids is 1. The van der Waals surface area contributed by atoms with Gasteiger partial charge in [-0.2, -0.15) is 0 Å². The summed E-state index contributed by atoms with van der Waals surface area (Å²) in [6, 6.07) is 0. The van der Waals surface area contributed by atoms with Crippen molar-refractivity contribution >= 4 is 11.9 Å². The fourth-order valence-electron chi connectivity index (χ4n) is 3.76. The Labute approximate surface area is 140 Å². The molecule has 7 nitrogen and oxygen atoms in total. The monoisotopic (exact) mass is 336 g/mol. The lowest BCUT2D eigenvalue weighted by Gasteiger charge is -2.34. The lowest BCUT2D eigenvalue weighted by molar-refractivity contribution is -0.150. The third kappa shape index (κ3) is 3.17. The number of carbonyl (C=O) groups excluding carboxylic acids is 1. The predicted octanol–water partition coefficient (Wildman–Crippen LogP) is 2.03. The third-order valence-corrected chi connectivity index (χ3v) is 5.16. The van der Waals surface area contributed by atoms with Crippen LogP contribution in [-0.4, -0.2) is 52.3 Å². The molecule has 2 aliphatic rings. The summed E-state index contributed by atoms with van der Waals surface area (Å²) in [5, 5.41) is 13.0. The minimum Gasteiger partial charge on any atom is -0.479 e. The number of ether oxygens (including phenoxy) is 1. The number of carboxylic acid groups (broad SMARTS) is 1. The van der Waals surface area contributed by atoms with Crippen molar-refractivity contribution in [3.63, 3.8) is 0 Å². The average Bonchev–Trinajstić information content (AvgIpc) is 3.21. The van der Waals surface area contributed by atoms with E-state index < -0.39 is 12.1 Å². The van der Waals surface area contributed by atoms with Crippen LogP contribution in [0.2, 0.25) is 0 Å². The van der Waals surface area contributed by atoms with Crippen molar-refractivity contribution in [2.24, 2.45) is 5.92 Å². The van der Waals surface area contributed by atoms with Crippen LogP contribution in [0.5, 0.6) is 0 Å². The Hall–Kier alpha value is -1.89. The first-order valence-electron chi connectivity index (χ1n) is 8.64. The summed E-state index contributed by atoms with van der Waals surface area (Å²) < 4.78 is 10.8. The van der Waals surface area contributed by atoms with E-state index in [9.17, 15) is 9.59 Å². The number of hydrogen-bond acceptors (Lipinski definition) is 5. The standard InChI is InChI=1S/C17H24N2O5/c1-3-12-15(10(2)24-18-12)16(20)19-8-6-11(7-9-19)13-4-5-14(23-13)17(21)22/h11,13-14H,3-9H2,1-2H3,(H,21,22)/t13-,14+/m0/s1. The maximum atomic E-state index is 12.7. The van der Waals surface area contributed by atoms with Gasteiger partial charge in [0.1, 0.15) is 11.3 Å². The van der Waals surface area contributed by atoms with Crippen molar-refractivity contribution < 1.29 is 24.0 Å². The number of rotatable bonds is 4. The molecule has 0 spiro atoms. The fraction of sp³-hybridized carbons (Fsp3) is 0.706. The smallest absolute Gasteiger partial charge is 0.332 e. The average molecular weight is 336 g/mol. The lowest BCUT2D eigenvalue weighted by atomic mass is 9.89. The molecule has 0 aromatic carbocycles. The lowest BCUT2D eigenvalue weighted by Crippen LogP contribution is -2.41. The number of nitrogens with zero attached hydrogens (tertiary/aromatic N) is 2. The number of hydrogen-bond donors (Lipinski definition) is 1. The molecule has 3 heterocycles. The van der Waals surface area contributed by atoms with E-state index in [-0.39, 0.29) is 12.0 Å². The van der Waals surface area contributed by atoms with E-state index in [0.29, 0.717) is 48.9 Å². The van der Waals surface area contributed by atoms with Crippen molar-refractivity contribution in [3.8, 4) is 0 Å². The molecule has 2 atom stereocenters. The Morgan fingerprint density at radius 3 is 2.54 bits per heavy atom. The van der Waals surface area contributed by atoms with E-state index in [4.69, 9.17) is 14.4 Å². The van der Waals surface area contributed by atoms with E-state index in [1.165, 1.54) is 0 Å². The molecule has 0 unspecified atom stereocenters. The number of aliphatic carboxylic acids is 1. The van der Waals surface area contributed by atoms with Gasteiger partial charge >= 0.3 is 5.97 Å². The number of carbonyl (C=O) groups is 2. The maximum absolute atomic E-state index is 12.7. The molecule has 24 heavy (non-hydrogen) atoms. The molecule has 1 N–H and O–H groups in total. The molecule has 0 aliphatic carbocycles. The topological polar surface area (TPSA) is 92.9 Å². The second-order valence-electron chi connectivity index (χ2n) is 6.62. The number of aryl methyl sites for hydroxylation is 2. The van der Waals surface area contributed by atoms with Crippen LogP contribution in [0.1, 0.15) is 54.4 Å². The Balaban J connectivity index is 1.58. The Bertz CT molecular complexity index is 618. The molecule has 1 aromatic heterocycles. The summed E-state index contributed by atoms with van der Waals surface area (Å²) in [5.74, 6) is 0.00922. The van der Waals surface area contributed by atoms with E-state index in [1.54, 1.807) is 6.92 Å². The summed E-state index contributed by atoms with van der Waals surface area (Å²) in [7, 11) is 0. The molecule has 1 amide bonds. The van der Waals surface area contributed by atoms with Crippen molar-refractivity contribution in [1.29, 1.82) is 0 Å². The first-order valence-corrected chi connectivity index (χ1v) is 8.64. The third-order valence-electron chi connectivity index (χ3n) is 5.16. The SMILES string of the molecule is CCc1noc(C)c1C(=O)N1CCC([C@@H]2CC[C@H](C(=O)O)O2)CC1. The van der Waals surface area contributed by atoms with Crippen molar-refractivity contribution in [2.75, 3.05) is 13.1 Å². The second kappa shape index (κ2) is 6.93. The zero-order chi connectivity index (χ0) is 17.3. The van der Waals surface area contributed by atoms with Crippen LogP contribution in [0, 0.1) is 12.8 Å². The largest absolute Gasteiger partial charge is 0.479 e. The summed E-state index contributed by atoms with van der Waals surface area (Å²) in [6.07, 6.45) is 3.07. The van der Waals surface area contributed by atoms with Crippen molar-refractivity contribution in [3.05, 3.63) is 17.0 Å². The molecule has 0 saturated carbocycles. The van der Waals surface area contributed by atoms with E-state index in [1.807, 2.05) is 11.8 Å². The highest BCUT2D eigenvalue weighted by atomic mass is 16.5. The van der Waals surface area contributed by atoms with E-state index in [0.717, 1.165) is 19.3 Å². The zero-order valence-corrected chi connectivity index (χ0v) is 14.2. The van der Waals surface area contributed by atoms with Crippen molar-refractivity contribution in [1.82, 2.24) is 10.1 Å². The van der Waals surface area contributed by atoms with Gasteiger partial charge in [-0.25, -0.2) is 4.79 Å². The minimum atomic E-state index is -0.875. The van der Waals surface area contributed by atoms with Gasteiger partial charge < -0.3 is 19.3 Å². The van der Waals surface area contributed by atoms with Gasteiger partial charge in [-0.15, -0.1) is 0 Å². The van der Waals surface area contributed by atoms with Gasteiger partial charge in [0, 0.05) is 13.1 Å². The summed E-state index contributed by atoms with van der Waals surface area (Å²) >= 11 is 0. The van der Waals surface area contributed by atoms with Gasteiger partial charge in [0.25, 0.3) is 5.91 Å². The molecule has 2 aliphatic heterocycles. The number of piperidine rings is 1. The van der Waals surface area contributed by atoms with Gasteiger partial charge in [-0.1, -0.05) is 12.1 Å². The fourth-order valence-corrected chi connectivity index (χ4v) is 3.76. The normalized spacial score (nSPS) is 25.2. The molecule has 7 heteroatoms. The molecule has 132 valence electrons. The second-order valence-corrected chi connectivity index (χ2v) is 6.62. The van der Waals surface area contributed by atoms with Crippen LogP contribution >= 0.6 is 0 Å². The summed E-state index contributed by atoms with van der Waals surface area (Å²) in [4.78, 5) is 25.6. The highest BCUT2D eigenvalue weighted by molar-refractivity contribution is 5.96. The van der Waals surface area contributed by atoms with Crippen LogP contribution in [0.4, 0.5) is 0 Å². The molecule has 1 aromatic rings. The van der Waals surface area contributed by atoms with Gasteiger partial charge in [0.15, 0.2) is 6.10 Å². The highest BCUT2D eigenvalue weighted by Crippen LogP contribution is 2.32. The molecular weight excluding hydrogens is 312 g/mol. The molecule has 3 rings (SSSR count). The highest BCUT2D eigenvalue weighted by Gasteiger charge is 2.37. The summed E-state index contributed by atoms with van der Waals surface area (Å²) in [5.41, 5.74) is 1.31. The van der Waals surface area contributed by atoms with E-state index >= 15 is 0 Å². The van der Waals surface area contributed by atoms with Crippen LogP contribution in [0.3, 0.4) is 0 Å². The number of likely N-dealkylation sites (tertiary alicyclic amines) is 1. The zero-order valence-electron chi connectivity index (χ0n) is 14.2. The molecule has 0 radical (unpaired) electrons. The van der Waals surface area contributed by atoms with Crippen LogP contribution in [-0.2, 0) is 16.0 Å². The van der Waals surface area contributed by atoms with Gasteiger partial charge in [0.05, 0.1) is 11.8 Å². The molecular formula is C17H24N2O5. The predicted molar refractivity (Wildman–Crippen MR) is 84.8 cm³/mol. The van der Waals surface area contributed by atoms with Gasteiger partial charge in [-0.3, -0.25) is 4.79 Å². The Kier molecular flexibility index (Phi) is 4.89.